The van der Waals surface area contributed by atoms with E-state index in [0.717, 1.165) is 5.39 Å². The van der Waals surface area contributed by atoms with Crippen LogP contribution in [0.15, 0.2) is 28.9 Å². The lowest BCUT2D eigenvalue weighted by Gasteiger charge is -1.92. The highest BCUT2D eigenvalue weighted by Crippen LogP contribution is 2.12. The van der Waals surface area contributed by atoms with Crippen LogP contribution in [0.1, 0.15) is 10.5 Å². The largest absolute Gasteiger partial charge is 0.446 e. The molecule has 2 rings (SSSR count). The minimum atomic E-state index is -0.548. The van der Waals surface area contributed by atoms with Gasteiger partial charge < -0.3 is 10.2 Å². The molecular weight excluding hydrogens is 156 g/mol. The third-order valence-corrected chi connectivity index (χ3v) is 1.57. The first-order chi connectivity index (χ1) is 5.77. The number of amides is 1. The summed E-state index contributed by atoms with van der Waals surface area (Å²) in [6.07, 6.45) is 1.52. The normalized spacial score (nSPS) is 10.3. The number of pyridine rings is 1. The van der Waals surface area contributed by atoms with E-state index in [1.54, 1.807) is 18.2 Å². The van der Waals surface area contributed by atoms with Crippen molar-refractivity contribution in [2.45, 2.75) is 0 Å². The van der Waals surface area contributed by atoms with E-state index in [2.05, 4.69) is 4.98 Å². The molecule has 0 unspecified atom stereocenters. The summed E-state index contributed by atoms with van der Waals surface area (Å²) in [5.41, 5.74) is 5.69. The Morgan fingerprint density at radius 3 is 3.00 bits per heavy atom. The Hall–Kier alpha value is -1.84. The van der Waals surface area contributed by atoms with E-state index in [1.165, 1.54) is 6.26 Å². The highest BCUT2D eigenvalue weighted by atomic mass is 16.3. The van der Waals surface area contributed by atoms with Crippen molar-refractivity contribution in [2.24, 2.45) is 5.73 Å². The maximum absolute atomic E-state index is 10.7. The predicted molar refractivity (Wildman–Crippen MR) is 42.5 cm³/mol. The number of primary amides is 1. The smallest absolute Gasteiger partial charge is 0.267 e. The highest BCUT2D eigenvalue weighted by molar-refractivity contribution is 5.92. The van der Waals surface area contributed by atoms with Crippen LogP contribution in [-0.2, 0) is 0 Å². The molecule has 1 amide bonds. The van der Waals surface area contributed by atoms with Crippen molar-refractivity contribution in [2.75, 3.05) is 0 Å². The van der Waals surface area contributed by atoms with Crippen molar-refractivity contribution in [1.82, 2.24) is 4.98 Å². The van der Waals surface area contributed by atoms with Crippen molar-refractivity contribution in [3.8, 4) is 0 Å². The Bertz CT molecular complexity index is 433. The fourth-order valence-electron chi connectivity index (χ4n) is 0.981. The number of aromatic nitrogens is 1. The van der Waals surface area contributed by atoms with Crippen molar-refractivity contribution in [3.05, 3.63) is 30.2 Å². The van der Waals surface area contributed by atoms with Crippen LogP contribution < -0.4 is 5.73 Å². The number of carbonyl (C=O) groups excluding carboxylic acids is 1. The lowest BCUT2D eigenvalue weighted by Crippen LogP contribution is -2.12. The van der Waals surface area contributed by atoms with Gasteiger partial charge in [-0.15, -0.1) is 0 Å². The standard InChI is InChI=1S/C8H6N2O2/c9-7(11)6-2-1-5-3-4-12-8(5)10-6/h1-4H,(H2,9,11). The zero-order chi connectivity index (χ0) is 8.55. The Morgan fingerprint density at radius 2 is 2.25 bits per heavy atom. The van der Waals surface area contributed by atoms with Gasteiger partial charge in [0, 0.05) is 5.39 Å². The number of hydrogen-bond acceptors (Lipinski definition) is 3. The number of rotatable bonds is 1. The summed E-state index contributed by atoms with van der Waals surface area (Å²) in [5, 5.41) is 0.861. The van der Waals surface area contributed by atoms with Crippen molar-refractivity contribution in [1.29, 1.82) is 0 Å². The van der Waals surface area contributed by atoms with Crippen LogP contribution in [-0.4, -0.2) is 10.9 Å². The fourth-order valence-corrected chi connectivity index (χ4v) is 0.981. The second kappa shape index (κ2) is 2.34. The first-order valence-corrected chi connectivity index (χ1v) is 3.41. The molecule has 0 radical (unpaired) electrons. The van der Waals surface area contributed by atoms with E-state index in [4.69, 9.17) is 10.2 Å². The average molecular weight is 162 g/mol. The summed E-state index contributed by atoms with van der Waals surface area (Å²) in [6, 6.07) is 5.08. The van der Waals surface area contributed by atoms with Crippen LogP contribution >= 0.6 is 0 Å². The maximum atomic E-state index is 10.7. The van der Waals surface area contributed by atoms with Crippen LogP contribution in [0.4, 0.5) is 0 Å². The van der Waals surface area contributed by atoms with E-state index in [0.29, 0.717) is 5.71 Å². The molecule has 2 aromatic rings. The number of furan rings is 1. The van der Waals surface area contributed by atoms with Gasteiger partial charge in [-0.05, 0) is 18.2 Å². The van der Waals surface area contributed by atoms with Gasteiger partial charge in [-0.1, -0.05) is 0 Å². The van der Waals surface area contributed by atoms with Gasteiger partial charge in [0.05, 0.1) is 6.26 Å². The molecule has 0 atom stereocenters. The van der Waals surface area contributed by atoms with Crippen molar-refractivity contribution >= 4 is 17.0 Å². The molecule has 0 saturated heterocycles. The molecule has 2 N–H and O–H groups in total. The summed E-state index contributed by atoms with van der Waals surface area (Å²) in [4.78, 5) is 14.6. The monoisotopic (exact) mass is 162 g/mol. The van der Waals surface area contributed by atoms with Gasteiger partial charge in [-0.3, -0.25) is 4.79 Å². The summed E-state index contributed by atoms with van der Waals surface area (Å²) in [7, 11) is 0. The van der Waals surface area contributed by atoms with E-state index in [-0.39, 0.29) is 5.69 Å². The summed E-state index contributed by atoms with van der Waals surface area (Å²) < 4.78 is 4.99. The molecule has 0 aromatic carbocycles. The fraction of sp³-hybridized carbons (Fsp3) is 0. The zero-order valence-corrected chi connectivity index (χ0v) is 6.15. The van der Waals surface area contributed by atoms with Gasteiger partial charge in [-0.2, -0.15) is 0 Å². The second-order valence-corrected chi connectivity index (χ2v) is 2.38. The Morgan fingerprint density at radius 1 is 1.42 bits per heavy atom. The van der Waals surface area contributed by atoms with Gasteiger partial charge in [0.25, 0.3) is 5.91 Å². The van der Waals surface area contributed by atoms with E-state index in [1.807, 2.05) is 0 Å². The van der Waals surface area contributed by atoms with Gasteiger partial charge in [0.2, 0.25) is 5.71 Å². The molecule has 0 spiro atoms. The van der Waals surface area contributed by atoms with Crippen molar-refractivity contribution in [3.63, 3.8) is 0 Å². The summed E-state index contributed by atoms with van der Waals surface area (Å²) >= 11 is 0. The molecule has 12 heavy (non-hydrogen) atoms. The van der Waals surface area contributed by atoms with Gasteiger partial charge >= 0.3 is 0 Å². The van der Waals surface area contributed by atoms with Crippen LogP contribution in [0.3, 0.4) is 0 Å². The van der Waals surface area contributed by atoms with Crippen LogP contribution in [0, 0.1) is 0 Å². The number of carbonyl (C=O) groups is 1. The molecule has 60 valence electrons. The Kier molecular flexibility index (Phi) is 1.33. The van der Waals surface area contributed by atoms with Gasteiger partial charge in [0.1, 0.15) is 5.69 Å². The SMILES string of the molecule is NC(=O)c1ccc2ccoc2n1. The first-order valence-electron chi connectivity index (χ1n) is 3.41. The maximum Gasteiger partial charge on any atom is 0.267 e. The molecular formula is C8H6N2O2. The number of nitrogens with two attached hydrogens (primary N) is 1. The molecule has 2 aromatic heterocycles. The number of fused-ring (bicyclic) bond motifs is 1. The van der Waals surface area contributed by atoms with Gasteiger partial charge in [-0.25, -0.2) is 4.98 Å². The van der Waals surface area contributed by atoms with Crippen LogP contribution in [0.25, 0.3) is 11.1 Å². The molecule has 4 nitrogen and oxygen atoms in total. The van der Waals surface area contributed by atoms with Crippen LogP contribution in [0.5, 0.6) is 0 Å². The first kappa shape index (κ1) is 6.84. The lowest BCUT2D eigenvalue weighted by molar-refractivity contribution is 0.0995. The minimum absolute atomic E-state index is 0.220. The second-order valence-electron chi connectivity index (χ2n) is 2.38. The van der Waals surface area contributed by atoms with E-state index >= 15 is 0 Å². The summed E-state index contributed by atoms with van der Waals surface area (Å²) in [6.45, 7) is 0. The molecule has 2 heterocycles. The Balaban J connectivity index is 2.68. The zero-order valence-electron chi connectivity index (χ0n) is 6.15. The third kappa shape index (κ3) is 0.934. The average Bonchev–Trinajstić information content (AvgIpc) is 2.49. The molecule has 4 heteroatoms. The third-order valence-electron chi connectivity index (χ3n) is 1.57. The summed E-state index contributed by atoms with van der Waals surface area (Å²) in [5.74, 6) is -0.548. The number of hydrogen-bond donors (Lipinski definition) is 1. The van der Waals surface area contributed by atoms with Gasteiger partial charge in [0.15, 0.2) is 0 Å². The quantitative estimate of drug-likeness (QED) is 0.678. The molecule has 0 saturated carbocycles. The van der Waals surface area contributed by atoms with E-state index in [9.17, 15) is 4.79 Å². The topological polar surface area (TPSA) is 69.1 Å². The van der Waals surface area contributed by atoms with E-state index < -0.39 is 5.91 Å². The lowest BCUT2D eigenvalue weighted by atomic mass is 10.3. The van der Waals surface area contributed by atoms with Crippen LogP contribution in [0.2, 0.25) is 0 Å². The molecule has 0 fully saturated rings. The number of nitrogens with zero attached hydrogens (tertiary/aromatic N) is 1. The minimum Gasteiger partial charge on any atom is -0.446 e. The molecule has 0 aliphatic heterocycles. The molecule has 0 bridgehead atoms. The highest BCUT2D eigenvalue weighted by Gasteiger charge is 2.04. The van der Waals surface area contributed by atoms with Crippen molar-refractivity contribution < 1.29 is 9.21 Å². The Labute approximate surface area is 68.0 Å². The molecule has 0 aliphatic rings. The molecule has 0 aliphatic carbocycles. The predicted octanol–water partition coefficient (Wildman–Crippen LogP) is 0.927.